The Labute approximate surface area is 129 Å². The Balaban J connectivity index is 1.99. The van der Waals surface area contributed by atoms with Crippen LogP contribution in [0, 0.1) is 5.92 Å². The van der Waals surface area contributed by atoms with Gasteiger partial charge in [-0.15, -0.1) is 0 Å². The van der Waals surface area contributed by atoms with Crippen molar-refractivity contribution in [2.24, 2.45) is 5.92 Å². The number of rotatable bonds is 4. The average molecular weight is 332 g/mol. The second-order valence-corrected chi connectivity index (χ2v) is 7.51. The molecule has 6 nitrogen and oxygen atoms in total. The Morgan fingerprint density at radius 1 is 1.57 bits per heavy atom. The minimum Gasteiger partial charge on any atom is -0.337 e. The number of nitrogens with zero attached hydrogens (tertiary/aromatic N) is 2. The van der Waals surface area contributed by atoms with Gasteiger partial charge in [-0.25, -0.2) is 13.1 Å². The molecular formula is C13H18ClN3O3S. The molecule has 1 amide bonds. The molecule has 2 rings (SSSR count). The molecule has 1 aromatic heterocycles. The third kappa shape index (κ3) is 4.94. The summed E-state index contributed by atoms with van der Waals surface area (Å²) in [5.41, 5.74) is 0.319. The highest BCUT2D eigenvalue weighted by atomic mass is 35.5. The average Bonchev–Trinajstić information content (AvgIpc) is 2.44. The molecule has 2 heterocycles. The molecule has 0 radical (unpaired) electrons. The predicted octanol–water partition coefficient (Wildman–Crippen LogP) is 1.14. The molecule has 1 unspecified atom stereocenters. The van der Waals surface area contributed by atoms with E-state index in [1.807, 2.05) is 0 Å². The van der Waals surface area contributed by atoms with Crippen molar-refractivity contribution >= 4 is 27.5 Å². The monoisotopic (exact) mass is 331 g/mol. The fraction of sp³-hybridized carbons (Fsp3) is 0.538. The first-order valence-electron chi connectivity index (χ1n) is 6.70. The normalized spacial score (nSPS) is 19.5. The van der Waals surface area contributed by atoms with Gasteiger partial charge < -0.3 is 4.90 Å². The summed E-state index contributed by atoms with van der Waals surface area (Å²) in [5, 5.41) is 0.473. The van der Waals surface area contributed by atoms with Crippen LogP contribution in [0.25, 0.3) is 0 Å². The number of hydrogen-bond acceptors (Lipinski definition) is 4. The van der Waals surface area contributed by atoms with E-state index in [0.717, 1.165) is 19.1 Å². The number of pyridine rings is 1. The molecular weight excluding hydrogens is 314 g/mol. The van der Waals surface area contributed by atoms with Gasteiger partial charge in [-0.1, -0.05) is 11.6 Å². The molecule has 0 aliphatic carbocycles. The summed E-state index contributed by atoms with van der Waals surface area (Å²) in [7, 11) is -3.20. The van der Waals surface area contributed by atoms with Crippen LogP contribution in [0.1, 0.15) is 23.3 Å². The fourth-order valence-electron chi connectivity index (χ4n) is 2.37. The number of aromatic nitrogens is 1. The topological polar surface area (TPSA) is 79.4 Å². The van der Waals surface area contributed by atoms with E-state index in [-0.39, 0.29) is 11.8 Å². The van der Waals surface area contributed by atoms with E-state index in [9.17, 15) is 13.2 Å². The summed E-state index contributed by atoms with van der Waals surface area (Å²) in [4.78, 5) is 18.1. The Morgan fingerprint density at radius 3 is 3.00 bits per heavy atom. The molecule has 0 saturated carbocycles. The van der Waals surface area contributed by atoms with Crippen LogP contribution >= 0.6 is 11.6 Å². The minimum atomic E-state index is -3.20. The van der Waals surface area contributed by atoms with E-state index >= 15 is 0 Å². The van der Waals surface area contributed by atoms with Crippen molar-refractivity contribution in [3.8, 4) is 0 Å². The molecule has 0 spiro atoms. The minimum absolute atomic E-state index is 0.122. The van der Waals surface area contributed by atoms with Crippen LogP contribution in [0.2, 0.25) is 5.02 Å². The fourth-order valence-corrected chi connectivity index (χ4v) is 3.07. The highest BCUT2D eigenvalue weighted by molar-refractivity contribution is 7.88. The van der Waals surface area contributed by atoms with Crippen LogP contribution in [0.3, 0.4) is 0 Å². The van der Waals surface area contributed by atoms with Crippen molar-refractivity contribution in [3.05, 3.63) is 29.0 Å². The lowest BCUT2D eigenvalue weighted by Gasteiger charge is -2.32. The van der Waals surface area contributed by atoms with Crippen LogP contribution in [0.5, 0.6) is 0 Å². The van der Waals surface area contributed by atoms with Crippen molar-refractivity contribution in [3.63, 3.8) is 0 Å². The summed E-state index contributed by atoms with van der Waals surface area (Å²) in [6.45, 7) is 1.53. The number of hydrogen-bond donors (Lipinski definition) is 1. The zero-order valence-corrected chi connectivity index (χ0v) is 13.3. The number of piperidine rings is 1. The number of carbonyl (C=O) groups is 1. The van der Waals surface area contributed by atoms with Crippen molar-refractivity contribution < 1.29 is 13.2 Å². The number of halogens is 1. The Hall–Kier alpha value is -1.18. The standard InChI is InChI=1S/C13H18ClN3O3S/c1-21(19,20)16-8-10-3-2-6-17(9-10)13(18)12-7-11(14)4-5-15-12/h4-5,7,10,16H,2-3,6,8-9H2,1H3. The van der Waals surface area contributed by atoms with Gasteiger partial charge in [-0.05, 0) is 30.9 Å². The molecule has 21 heavy (non-hydrogen) atoms. The summed E-state index contributed by atoms with van der Waals surface area (Å²) < 4.78 is 24.8. The Bertz CT molecular complexity index is 621. The van der Waals surface area contributed by atoms with Crippen LogP contribution in [0.15, 0.2) is 18.3 Å². The molecule has 8 heteroatoms. The quantitative estimate of drug-likeness (QED) is 0.897. The third-order valence-electron chi connectivity index (χ3n) is 3.38. The van der Waals surface area contributed by atoms with Gasteiger partial charge in [0, 0.05) is 30.9 Å². The molecule has 0 aromatic carbocycles. The summed E-state index contributed by atoms with van der Waals surface area (Å²) in [6, 6.07) is 3.16. The van der Waals surface area contributed by atoms with E-state index in [1.165, 1.54) is 6.20 Å². The summed E-state index contributed by atoms with van der Waals surface area (Å²) >= 11 is 5.87. The van der Waals surface area contributed by atoms with Gasteiger partial charge >= 0.3 is 0 Å². The number of amides is 1. The van der Waals surface area contributed by atoms with Gasteiger partial charge in [0.25, 0.3) is 5.91 Å². The lowest BCUT2D eigenvalue weighted by molar-refractivity contribution is 0.0670. The number of likely N-dealkylation sites (tertiary alicyclic amines) is 1. The first-order valence-corrected chi connectivity index (χ1v) is 8.97. The molecule has 116 valence electrons. The molecule has 1 N–H and O–H groups in total. The second kappa shape index (κ2) is 6.72. The molecule has 1 atom stereocenters. The van der Waals surface area contributed by atoms with E-state index in [0.29, 0.717) is 30.4 Å². The van der Waals surface area contributed by atoms with Gasteiger partial charge in [-0.2, -0.15) is 0 Å². The molecule has 0 bridgehead atoms. The maximum absolute atomic E-state index is 12.4. The lowest BCUT2D eigenvalue weighted by atomic mass is 9.98. The smallest absolute Gasteiger partial charge is 0.272 e. The zero-order valence-electron chi connectivity index (χ0n) is 11.8. The van der Waals surface area contributed by atoms with Crippen molar-refractivity contribution in [1.82, 2.24) is 14.6 Å². The van der Waals surface area contributed by atoms with Crippen LogP contribution < -0.4 is 4.72 Å². The van der Waals surface area contributed by atoms with Gasteiger partial charge in [0.15, 0.2) is 0 Å². The van der Waals surface area contributed by atoms with Gasteiger partial charge in [0.1, 0.15) is 5.69 Å². The highest BCUT2D eigenvalue weighted by Gasteiger charge is 2.25. The van der Waals surface area contributed by atoms with Gasteiger partial charge in [-0.3, -0.25) is 9.78 Å². The van der Waals surface area contributed by atoms with Crippen molar-refractivity contribution in [2.75, 3.05) is 25.9 Å². The lowest BCUT2D eigenvalue weighted by Crippen LogP contribution is -2.43. The van der Waals surface area contributed by atoms with Crippen molar-refractivity contribution in [2.45, 2.75) is 12.8 Å². The van der Waals surface area contributed by atoms with Crippen LogP contribution in [0.4, 0.5) is 0 Å². The van der Waals surface area contributed by atoms with Crippen LogP contribution in [-0.2, 0) is 10.0 Å². The molecule has 1 fully saturated rings. The SMILES string of the molecule is CS(=O)(=O)NCC1CCCN(C(=O)c2cc(Cl)ccn2)C1. The van der Waals surface area contributed by atoms with E-state index in [2.05, 4.69) is 9.71 Å². The van der Waals surface area contributed by atoms with Crippen LogP contribution in [-0.4, -0.2) is 50.1 Å². The first-order chi connectivity index (χ1) is 9.85. The molecule has 1 aliphatic rings. The predicted molar refractivity (Wildman–Crippen MR) is 80.7 cm³/mol. The number of nitrogens with one attached hydrogen (secondary N) is 1. The van der Waals surface area contributed by atoms with Gasteiger partial charge in [0.2, 0.25) is 10.0 Å². The highest BCUT2D eigenvalue weighted by Crippen LogP contribution is 2.18. The first kappa shape index (κ1) is 16.2. The maximum atomic E-state index is 12.4. The summed E-state index contributed by atoms with van der Waals surface area (Å²) in [5.74, 6) is -0.0434. The Morgan fingerprint density at radius 2 is 2.33 bits per heavy atom. The summed E-state index contributed by atoms with van der Waals surface area (Å²) in [6.07, 6.45) is 4.38. The molecule has 1 saturated heterocycles. The number of sulfonamides is 1. The van der Waals surface area contributed by atoms with E-state index in [1.54, 1.807) is 17.0 Å². The molecule has 1 aliphatic heterocycles. The second-order valence-electron chi connectivity index (χ2n) is 5.24. The number of carbonyl (C=O) groups excluding carboxylic acids is 1. The Kier molecular flexibility index (Phi) is 5.18. The van der Waals surface area contributed by atoms with Gasteiger partial charge in [0.05, 0.1) is 6.26 Å². The van der Waals surface area contributed by atoms with E-state index < -0.39 is 10.0 Å². The molecule has 1 aromatic rings. The largest absolute Gasteiger partial charge is 0.337 e. The third-order valence-corrected chi connectivity index (χ3v) is 4.31. The zero-order chi connectivity index (χ0) is 15.5. The van der Waals surface area contributed by atoms with E-state index in [4.69, 9.17) is 11.6 Å². The van der Waals surface area contributed by atoms with Crippen molar-refractivity contribution in [1.29, 1.82) is 0 Å². The maximum Gasteiger partial charge on any atom is 0.272 e.